The van der Waals surface area contributed by atoms with Crippen molar-refractivity contribution in [2.75, 3.05) is 39.9 Å². The number of carbonyl (C=O) groups is 2. The van der Waals surface area contributed by atoms with Crippen molar-refractivity contribution >= 4 is 11.8 Å². The lowest BCUT2D eigenvalue weighted by Gasteiger charge is -2.46. The van der Waals surface area contributed by atoms with Gasteiger partial charge in [0.1, 0.15) is 11.4 Å². The van der Waals surface area contributed by atoms with E-state index < -0.39 is 0 Å². The molecule has 4 rings (SSSR count). The van der Waals surface area contributed by atoms with Crippen molar-refractivity contribution in [1.29, 1.82) is 0 Å². The van der Waals surface area contributed by atoms with Crippen molar-refractivity contribution in [3.05, 3.63) is 29.3 Å². The molecule has 1 spiro atoms. The monoisotopic (exact) mass is 415 g/mol. The summed E-state index contributed by atoms with van der Waals surface area (Å²) < 4.78 is 12.0. The zero-order valence-corrected chi connectivity index (χ0v) is 18.1. The van der Waals surface area contributed by atoms with Gasteiger partial charge in [0.15, 0.2) is 0 Å². The Morgan fingerprint density at radius 1 is 1.17 bits per heavy atom. The molecule has 3 aliphatic rings. The lowest BCUT2D eigenvalue weighted by atomic mass is 9.78. The van der Waals surface area contributed by atoms with Crippen molar-refractivity contribution in [2.24, 2.45) is 11.7 Å². The first-order valence-electron chi connectivity index (χ1n) is 11.0. The van der Waals surface area contributed by atoms with Gasteiger partial charge < -0.3 is 25.0 Å². The third kappa shape index (κ3) is 3.93. The molecule has 0 bridgehead atoms. The average Bonchev–Trinajstić information content (AvgIpc) is 2.95. The second-order valence-electron chi connectivity index (χ2n) is 8.87. The fourth-order valence-corrected chi connectivity index (χ4v) is 5.32. The topological polar surface area (TPSA) is 85.1 Å². The Hall–Kier alpha value is -2.12. The van der Waals surface area contributed by atoms with Gasteiger partial charge in [0.25, 0.3) is 0 Å². The van der Waals surface area contributed by atoms with Gasteiger partial charge >= 0.3 is 0 Å². The molecule has 3 heterocycles. The molecule has 1 aromatic carbocycles. The Bertz CT molecular complexity index is 789. The summed E-state index contributed by atoms with van der Waals surface area (Å²) >= 11 is 0. The smallest absolute Gasteiger partial charge is 0.227 e. The number of fused-ring (bicyclic) bond motifs is 2. The van der Waals surface area contributed by atoms with Crippen molar-refractivity contribution in [2.45, 2.75) is 50.7 Å². The molecular formula is C23H33N3O4. The van der Waals surface area contributed by atoms with E-state index in [0.717, 1.165) is 43.4 Å². The number of nitrogens with two attached hydrogens (primary N) is 1. The summed E-state index contributed by atoms with van der Waals surface area (Å²) in [6, 6.07) is 6.13. The first kappa shape index (κ1) is 21.1. The van der Waals surface area contributed by atoms with Gasteiger partial charge in [-0.2, -0.15) is 0 Å². The molecule has 0 aliphatic carbocycles. The minimum atomic E-state index is -0.381. The second-order valence-corrected chi connectivity index (χ2v) is 8.87. The summed E-state index contributed by atoms with van der Waals surface area (Å²) in [5, 5.41) is 0. The zero-order valence-electron chi connectivity index (χ0n) is 18.1. The Balaban J connectivity index is 1.48. The van der Waals surface area contributed by atoms with Gasteiger partial charge in [-0.3, -0.25) is 9.59 Å². The van der Waals surface area contributed by atoms with Crippen LogP contribution in [0.1, 0.15) is 43.7 Å². The quantitative estimate of drug-likeness (QED) is 0.794. The minimum Gasteiger partial charge on any atom is -0.496 e. The van der Waals surface area contributed by atoms with E-state index in [1.807, 2.05) is 17.0 Å². The van der Waals surface area contributed by atoms with Crippen LogP contribution in [0.4, 0.5) is 0 Å². The van der Waals surface area contributed by atoms with Crippen LogP contribution in [0, 0.1) is 5.92 Å². The summed E-state index contributed by atoms with van der Waals surface area (Å²) in [6.07, 6.45) is 3.91. The van der Waals surface area contributed by atoms with Crippen LogP contribution in [-0.4, -0.2) is 67.6 Å². The number of hydrogen-bond acceptors (Lipinski definition) is 5. The predicted octanol–water partition coefficient (Wildman–Crippen LogP) is 1.67. The van der Waals surface area contributed by atoms with E-state index in [1.165, 1.54) is 5.56 Å². The molecule has 2 saturated heterocycles. The van der Waals surface area contributed by atoms with Crippen LogP contribution in [0.25, 0.3) is 0 Å². The molecule has 1 aromatic rings. The molecular weight excluding hydrogens is 382 g/mol. The highest BCUT2D eigenvalue weighted by Gasteiger charge is 2.44. The molecule has 3 aliphatic heterocycles. The summed E-state index contributed by atoms with van der Waals surface area (Å²) in [4.78, 5) is 28.9. The van der Waals surface area contributed by atoms with Crippen molar-refractivity contribution in [3.8, 4) is 5.75 Å². The molecule has 0 unspecified atom stereocenters. The van der Waals surface area contributed by atoms with Crippen molar-refractivity contribution < 1.29 is 19.1 Å². The van der Waals surface area contributed by atoms with Gasteiger partial charge in [-0.15, -0.1) is 0 Å². The Kier molecular flexibility index (Phi) is 6.02. The maximum atomic E-state index is 13.3. The molecule has 7 nitrogen and oxygen atoms in total. The van der Waals surface area contributed by atoms with Crippen molar-refractivity contribution in [3.63, 3.8) is 0 Å². The van der Waals surface area contributed by atoms with E-state index in [9.17, 15) is 9.59 Å². The third-order valence-electron chi connectivity index (χ3n) is 7.00. The van der Waals surface area contributed by atoms with Gasteiger partial charge in [-0.25, -0.2) is 0 Å². The van der Waals surface area contributed by atoms with Crippen LogP contribution in [0.2, 0.25) is 0 Å². The van der Waals surface area contributed by atoms with Crippen LogP contribution >= 0.6 is 0 Å². The first-order chi connectivity index (χ1) is 14.4. The Morgan fingerprint density at radius 2 is 1.93 bits per heavy atom. The largest absolute Gasteiger partial charge is 0.496 e. The molecule has 0 aromatic heterocycles. The van der Waals surface area contributed by atoms with Crippen molar-refractivity contribution in [1.82, 2.24) is 9.80 Å². The maximum absolute atomic E-state index is 13.3. The van der Waals surface area contributed by atoms with E-state index >= 15 is 0 Å². The minimum absolute atomic E-state index is 0.0120. The molecule has 2 amide bonds. The summed E-state index contributed by atoms with van der Waals surface area (Å²) in [6.45, 7) is 4.55. The van der Waals surface area contributed by atoms with E-state index in [-0.39, 0.29) is 29.4 Å². The fourth-order valence-electron chi connectivity index (χ4n) is 5.32. The summed E-state index contributed by atoms with van der Waals surface area (Å²) in [7, 11) is 1.70. The van der Waals surface area contributed by atoms with Gasteiger partial charge in [0.05, 0.1) is 19.6 Å². The number of carbonyl (C=O) groups excluding carboxylic acids is 2. The number of methoxy groups -OCH3 is 1. The van der Waals surface area contributed by atoms with E-state index in [2.05, 4.69) is 6.07 Å². The average molecular weight is 416 g/mol. The molecule has 2 atom stereocenters. The molecule has 7 heteroatoms. The highest BCUT2D eigenvalue weighted by molar-refractivity contribution is 5.80. The van der Waals surface area contributed by atoms with Crippen LogP contribution in [0.15, 0.2) is 18.2 Å². The molecule has 0 saturated carbocycles. The number of ether oxygens (including phenoxy) is 2. The van der Waals surface area contributed by atoms with Crippen LogP contribution < -0.4 is 10.5 Å². The fraction of sp³-hybridized carbons (Fsp3) is 0.652. The van der Waals surface area contributed by atoms with Gasteiger partial charge in [-0.1, -0.05) is 12.1 Å². The van der Waals surface area contributed by atoms with Crippen LogP contribution in [0.5, 0.6) is 5.75 Å². The number of amides is 2. The number of hydrogen-bond donors (Lipinski definition) is 1. The second kappa shape index (κ2) is 8.55. The molecule has 164 valence electrons. The lowest BCUT2D eigenvalue weighted by Crippen LogP contribution is -2.51. The standard InChI is InChI=1S/C23H33N3O4/c1-16(27)26-14-18(6-7-19(24)15-26)22(28)25-11-9-23(10-12-25)21-17(8-13-30-23)4-3-5-20(21)29-2/h3-5,18-19H,6-15,24H2,1-2H3/t18-,19+/m1/s1. The molecule has 2 N–H and O–H groups in total. The number of benzene rings is 1. The van der Waals surface area contributed by atoms with E-state index in [0.29, 0.717) is 32.8 Å². The SMILES string of the molecule is COc1cccc2c1C1(CCN(C(=O)[C@@H]3CC[C@H](N)CN(C(C)=O)C3)CC1)OCC2. The summed E-state index contributed by atoms with van der Waals surface area (Å²) in [5.74, 6) is 0.829. The molecule has 0 radical (unpaired) electrons. The van der Waals surface area contributed by atoms with Crippen LogP contribution in [0.3, 0.4) is 0 Å². The highest BCUT2D eigenvalue weighted by Crippen LogP contribution is 2.46. The molecule has 2 fully saturated rings. The lowest BCUT2D eigenvalue weighted by molar-refractivity contribution is -0.146. The van der Waals surface area contributed by atoms with E-state index in [4.69, 9.17) is 15.2 Å². The maximum Gasteiger partial charge on any atom is 0.227 e. The summed E-state index contributed by atoms with van der Waals surface area (Å²) in [5.41, 5.74) is 8.19. The number of piperidine rings is 1. The normalized spacial score (nSPS) is 26.1. The predicted molar refractivity (Wildman–Crippen MR) is 113 cm³/mol. The van der Waals surface area contributed by atoms with E-state index in [1.54, 1.807) is 18.9 Å². The van der Waals surface area contributed by atoms with Gasteiger partial charge in [-0.05, 0) is 43.7 Å². The number of nitrogens with zero attached hydrogens (tertiary/aromatic N) is 2. The van der Waals surface area contributed by atoms with Gasteiger partial charge in [0, 0.05) is 44.7 Å². The Morgan fingerprint density at radius 3 is 2.63 bits per heavy atom. The zero-order chi connectivity index (χ0) is 21.3. The van der Waals surface area contributed by atoms with Crippen LogP contribution in [-0.2, 0) is 26.3 Å². The third-order valence-corrected chi connectivity index (χ3v) is 7.00. The molecule has 30 heavy (non-hydrogen) atoms. The number of rotatable bonds is 2. The van der Waals surface area contributed by atoms with Gasteiger partial charge in [0.2, 0.25) is 11.8 Å². The highest BCUT2D eigenvalue weighted by atomic mass is 16.5. The number of likely N-dealkylation sites (tertiary alicyclic amines) is 2. The Labute approximate surface area is 178 Å². The first-order valence-corrected chi connectivity index (χ1v) is 11.0.